The largest absolute Gasteiger partial charge is 0.573 e. The van der Waals surface area contributed by atoms with Gasteiger partial charge < -0.3 is 9.64 Å². The molecule has 0 fully saturated rings. The molecule has 0 radical (unpaired) electrons. The Morgan fingerprint density at radius 3 is 2.61 bits per heavy atom. The minimum Gasteiger partial charge on any atom is -0.406 e. The van der Waals surface area contributed by atoms with E-state index in [1.807, 2.05) is 18.7 Å². The van der Waals surface area contributed by atoms with E-state index in [0.717, 1.165) is 23.7 Å². The van der Waals surface area contributed by atoms with Crippen molar-refractivity contribution in [1.82, 2.24) is 9.36 Å². The lowest BCUT2D eigenvalue weighted by molar-refractivity contribution is -0.274. The number of hydrogen-bond acceptors (Lipinski definition) is 7. The predicted molar refractivity (Wildman–Crippen MR) is 114 cm³/mol. The zero-order valence-corrected chi connectivity index (χ0v) is 19.0. The fourth-order valence-electron chi connectivity index (χ4n) is 3.79. The number of fused-ring (bicyclic) bond motifs is 1. The summed E-state index contributed by atoms with van der Waals surface area (Å²) < 4.78 is 87.3. The van der Waals surface area contributed by atoms with Crippen LogP contribution in [0.2, 0.25) is 0 Å². The van der Waals surface area contributed by atoms with Crippen molar-refractivity contribution in [3.63, 3.8) is 0 Å². The molecule has 1 aliphatic rings. The highest BCUT2D eigenvalue weighted by Crippen LogP contribution is 2.43. The van der Waals surface area contributed by atoms with Gasteiger partial charge in [-0.2, -0.15) is 4.37 Å². The van der Waals surface area contributed by atoms with E-state index in [1.165, 1.54) is 30.6 Å². The summed E-state index contributed by atoms with van der Waals surface area (Å²) in [5.41, 5.74) is 1.39. The summed E-state index contributed by atoms with van der Waals surface area (Å²) in [6, 6.07) is 7.90. The van der Waals surface area contributed by atoms with Gasteiger partial charge in [-0.25, -0.2) is 17.8 Å². The van der Waals surface area contributed by atoms with Gasteiger partial charge in [0.15, 0.2) is 0 Å². The molecule has 3 aromatic rings. The second-order valence-corrected chi connectivity index (χ2v) is 10.5. The van der Waals surface area contributed by atoms with Crippen LogP contribution in [-0.4, -0.2) is 30.7 Å². The summed E-state index contributed by atoms with van der Waals surface area (Å²) in [5, 5.41) is 0.0169. The standard InChI is InChI=1S/C20H18F4N4O3S2/c1-19(2)10-28(16-5-4-13(8-14(16)19)31-20(22,23)24)9-12-3-6-17(15(21)7-12)33(29,30)27-18-25-11-26-32-18/h3-8,11H,9-10H2,1-2H3,(H,25,26,27). The van der Waals surface area contributed by atoms with Crippen LogP contribution in [0, 0.1) is 5.82 Å². The van der Waals surface area contributed by atoms with Crippen molar-refractivity contribution < 1.29 is 30.7 Å². The molecule has 0 amide bonds. The first kappa shape index (κ1) is 23.2. The number of sulfonamides is 1. The fraction of sp³-hybridized carbons (Fsp3) is 0.300. The molecule has 1 aromatic heterocycles. The maximum atomic E-state index is 14.7. The second-order valence-electron chi connectivity index (χ2n) is 8.08. The average molecular weight is 503 g/mol. The zero-order chi connectivity index (χ0) is 24.0. The van der Waals surface area contributed by atoms with Gasteiger partial charge in [-0.3, -0.25) is 4.72 Å². The number of aromatic nitrogens is 2. The molecule has 0 bridgehead atoms. The molecule has 0 aliphatic carbocycles. The van der Waals surface area contributed by atoms with E-state index in [-0.39, 0.29) is 17.4 Å². The zero-order valence-electron chi connectivity index (χ0n) is 17.4. The molecule has 1 aliphatic heterocycles. The summed E-state index contributed by atoms with van der Waals surface area (Å²) in [6.07, 6.45) is -3.61. The Morgan fingerprint density at radius 2 is 1.97 bits per heavy atom. The van der Waals surface area contributed by atoms with Gasteiger partial charge in [0.25, 0.3) is 10.0 Å². The smallest absolute Gasteiger partial charge is 0.406 e. The Morgan fingerprint density at radius 1 is 1.21 bits per heavy atom. The highest BCUT2D eigenvalue weighted by molar-refractivity contribution is 7.93. The number of nitrogens with one attached hydrogen (secondary N) is 1. The number of ether oxygens (including phenoxy) is 1. The quantitative estimate of drug-likeness (QED) is 0.493. The first-order valence-corrected chi connectivity index (χ1v) is 11.8. The van der Waals surface area contributed by atoms with Gasteiger partial charge in [0.1, 0.15) is 22.8 Å². The molecular formula is C20H18F4N4O3S2. The molecule has 0 saturated carbocycles. The number of anilines is 2. The Bertz CT molecular complexity index is 1280. The van der Waals surface area contributed by atoms with Crippen molar-refractivity contribution in [2.45, 2.75) is 37.1 Å². The molecule has 0 saturated heterocycles. The van der Waals surface area contributed by atoms with E-state index in [4.69, 9.17) is 0 Å². The van der Waals surface area contributed by atoms with Crippen LogP contribution < -0.4 is 14.4 Å². The van der Waals surface area contributed by atoms with Crippen LogP contribution in [-0.2, 0) is 22.0 Å². The number of hydrogen-bond donors (Lipinski definition) is 1. The van der Waals surface area contributed by atoms with Gasteiger partial charge in [0.2, 0.25) is 5.13 Å². The Kier molecular flexibility index (Phi) is 5.73. The molecule has 176 valence electrons. The first-order valence-electron chi connectivity index (χ1n) is 9.57. The molecule has 4 rings (SSSR count). The van der Waals surface area contributed by atoms with Gasteiger partial charge in [-0.15, -0.1) is 13.2 Å². The molecular weight excluding hydrogens is 484 g/mol. The summed E-state index contributed by atoms with van der Waals surface area (Å²) in [4.78, 5) is 5.09. The maximum absolute atomic E-state index is 14.7. The van der Waals surface area contributed by atoms with Gasteiger partial charge >= 0.3 is 6.36 Å². The van der Waals surface area contributed by atoms with Crippen molar-refractivity contribution >= 4 is 32.4 Å². The van der Waals surface area contributed by atoms with Crippen LogP contribution in [0.1, 0.15) is 25.0 Å². The van der Waals surface area contributed by atoms with Crippen LogP contribution in [0.3, 0.4) is 0 Å². The van der Waals surface area contributed by atoms with E-state index >= 15 is 0 Å². The van der Waals surface area contributed by atoms with E-state index in [0.29, 0.717) is 23.4 Å². The van der Waals surface area contributed by atoms with Crippen LogP contribution in [0.4, 0.5) is 28.4 Å². The van der Waals surface area contributed by atoms with Crippen molar-refractivity contribution in [2.24, 2.45) is 0 Å². The third-order valence-electron chi connectivity index (χ3n) is 5.10. The average Bonchev–Trinajstić information content (AvgIpc) is 3.26. The SMILES string of the molecule is CC1(C)CN(Cc2ccc(S(=O)(=O)Nc3ncns3)c(F)c2)c2ccc(OC(F)(F)F)cc21. The van der Waals surface area contributed by atoms with Crippen LogP contribution in [0.15, 0.2) is 47.6 Å². The van der Waals surface area contributed by atoms with E-state index < -0.39 is 32.5 Å². The lowest BCUT2D eigenvalue weighted by atomic mass is 9.87. The number of nitrogens with zero attached hydrogens (tertiary/aromatic N) is 3. The van der Waals surface area contributed by atoms with Crippen molar-refractivity contribution in [3.05, 3.63) is 59.7 Å². The fourth-order valence-corrected chi connectivity index (χ4v) is 5.51. The van der Waals surface area contributed by atoms with Gasteiger partial charge in [-0.05, 0) is 41.5 Å². The van der Waals surface area contributed by atoms with Crippen LogP contribution >= 0.6 is 11.5 Å². The molecule has 0 spiro atoms. The summed E-state index contributed by atoms with van der Waals surface area (Å²) >= 11 is 0.820. The van der Waals surface area contributed by atoms with Crippen molar-refractivity contribution in [3.8, 4) is 5.75 Å². The summed E-state index contributed by atoms with van der Waals surface area (Å²) in [6.45, 7) is 4.48. The lowest BCUT2D eigenvalue weighted by Gasteiger charge is -2.22. The van der Waals surface area contributed by atoms with E-state index in [1.54, 1.807) is 0 Å². The van der Waals surface area contributed by atoms with Crippen molar-refractivity contribution in [2.75, 3.05) is 16.2 Å². The number of alkyl halides is 3. The number of halogens is 4. The predicted octanol–water partition coefficient (Wildman–Crippen LogP) is 4.67. The summed E-state index contributed by atoms with van der Waals surface area (Å²) in [7, 11) is -4.18. The topological polar surface area (TPSA) is 84.4 Å². The third-order valence-corrected chi connectivity index (χ3v) is 7.18. The second kappa shape index (κ2) is 8.13. The normalized spacial score (nSPS) is 15.4. The van der Waals surface area contributed by atoms with Gasteiger partial charge in [-0.1, -0.05) is 19.9 Å². The minimum absolute atomic E-state index is 0.0169. The molecule has 0 unspecified atom stereocenters. The number of rotatable bonds is 6. The molecule has 13 heteroatoms. The van der Waals surface area contributed by atoms with Crippen LogP contribution in [0.5, 0.6) is 5.75 Å². The highest BCUT2D eigenvalue weighted by atomic mass is 32.2. The lowest BCUT2D eigenvalue weighted by Crippen LogP contribution is -2.28. The molecule has 33 heavy (non-hydrogen) atoms. The molecule has 2 heterocycles. The molecule has 0 atom stereocenters. The van der Waals surface area contributed by atoms with Crippen LogP contribution in [0.25, 0.3) is 0 Å². The summed E-state index contributed by atoms with van der Waals surface area (Å²) in [5.74, 6) is -1.24. The van der Waals surface area contributed by atoms with Gasteiger partial charge in [0, 0.05) is 35.7 Å². The molecule has 1 N–H and O–H groups in total. The first-order chi connectivity index (χ1) is 15.3. The highest BCUT2D eigenvalue weighted by Gasteiger charge is 2.37. The Balaban J connectivity index is 1.56. The Labute approximate surface area is 191 Å². The van der Waals surface area contributed by atoms with E-state index in [2.05, 4.69) is 18.8 Å². The van der Waals surface area contributed by atoms with Crippen molar-refractivity contribution in [1.29, 1.82) is 0 Å². The monoisotopic (exact) mass is 502 g/mol. The Hall–Kier alpha value is -2.93. The maximum Gasteiger partial charge on any atom is 0.573 e. The third kappa shape index (κ3) is 5.03. The number of benzene rings is 2. The molecule has 2 aromatic carbocycles. The van der Waals surface area contributed by atoms with Gasteiger partial charge in [0.05, 0.1) is 0 Å². The van der Waals surface area contributed by atoms with E-state index in [9.17, 15) is 26.0 Å². The minimum atomic E-state index is -4.79. The molecule has 7 nitrogen and oxygen atoms in total.